The number of piperazine rings is 1. The first-order valence-electron chi connectivity index (χ1n) is 7.57. The van der Waals surface area contributed by atoms with Gasteiger partial charge in [-0.25, -0.2) is 0 Å². The SMILES string of the molecule is Cc1[nH]c(=O)sc1C(=O)Nc1ccc(N2CCN(C)CC2)cc1. The molecule has 1 aliphatic heterocycles. The predicted octanol–water partition coefficient (Wildman–Crippen LogP) is 1.75. The second-order valence-corrected chi connectivity index (χ2v) is 6.74. The highest BCUT2D eigenvalue weighted by Gasteiger charge is 2.15. The fourth-order valence-corrected chi connectivity index (χ4v) is 3.37. The lowest BCUT2D eigenvalue weighted by molar-refractivity contribution is 0.103. The van der Waals surface area contributed by atoms with Crippen molar-refractivity contribution >= 4 is 28.6 Å². The van der Waals surface area contributed by atoms with Crippen LogP contribution >= 0.6 is 11.3 Å². The number of nitrogens with one attached hydrogen (secondary N) is 2. The number of hydrogen-bond donors (Lipinski definition) is 2. The van der Waals surface area contributed by atoms with Crippen molar-refractivity contribution in [2.45, 2.75) is 6.92 Å². The van der Waals surface area contributed by atoms with Crippen LogP contribution in [0.4, 0.5) is 11.4 Å². The Kier molecular flexibility index (Phi) is 4.49. The molecule has 0 spiro atoms. The van der Waals surface area contributed by atoms with E-state index in [4.69, 9.17) is 0 Å². The molecule has 122 valence electrons. The van der Waals surface area contributed by atoms with E-state index in [9.17, 15) is 9.59 Å². The average molecular weight is 332 g/mol. The number of H-pyrrole nitrogens is 1. The Hall–Kier alpha value is -2.12. The third-order valence-corrected chi connectivity index (χ3v) is 5.01. The van der Waals surface area contributed by atoms with Crippen LogP contribution in [0.15, 0.2) is 29.1 Å². The molecule has 2 heterocycles. The van der Waals surface area contributed by atoms with Gasteiger partial charge in [0.1, 0.15) is 4.88 Å². The van der Waals surface area contributed by atoms with Gasteiger partial charge in [0, 0.05) is 43.2 Å². The van der Waals surface area contributed by atoms with E-state index in [0.717, 1.165) is 43.2 Å². The molecule has 1 aromatic heterocycles. The summed E-state index contributed by atoms with van der Waals surface area (Å²) in [6.45, 7) is 5.87. The Morgan fingerprint density at radius 2 is 1.83 bits per heavy atom. The van der Waals surface area contributed by atoms with Gasteiger partial charge in [-0.05, 0) is 38.2 Å². The topological polar surface area (TPSA) is 68.4 Å². The van der Waals surface area contributed by atoms with Gasteiger partial charge in [-0.1, -0.05) is 11.3 Å². The second-order valence-electron chi connectivity index (χ2n) is 5.76. The van der Waals surface area contributed by atoms with E-state index in [1.165, 1.54) is 5.69 Å². The lowest BCUT2D eigenvalue weighted by Gasteiger charge is -2.34. The number of rotatable bonds is 3. The van der Waals surface area contributed by atoms with Crippen LogP contribution in [-0.4, -0.2) is 49.0 Å². The zero-order valence-electron chi connectivity index (χ0n) is 13.3. The molecule has 2 N–H and O–H groups in total. The lowest BCUT2D eigenvalue weighted by Crippen LogP contribution is -2.44. The second kappa shape index (κ2) is 6.55. The number of amides is 1. The first kappa shape index (κ1) is 15.8. The number of likely N-dealkylation sites (N-methyl/N-ethyl adjacent to an activating group) is 1. The first-order valence-corrected chi connectivity index (χ1v) is 8.39. The molecule has 3 rings (SSSR count). The highest BCUT2D eigenvalue weighted by atomic mass is 32.1. The van der Waals surface area contributed by atoms with Crippen molar-refractivity contribution in [3.8, 4) is 0 Å². The van der Waals surface area contributed by atoms with Gasteiger partial charge in [0.25, 0.3) is 5.91 Å². The van der Waals surface area contributed by atoms with Crippen LogP contribution in [-0.2, 0) is 0 Å². The highest BCUT2D eigenvalue weighted by molar-refractivity contribution is 7.11. The van der Waals surface area contributed by atoms with Gasteiger partial charge in [0.15, 0.2) is 0 Å². The smallest absolute Gasteiger partial charge is 0.305 e. The highest BCUT2D eigenvalue weighted by Crippen LogP contribution is 2.20. The van der Waals surface area contributed by atoms with Crippen molar-refractivity contribution in [1.29, 1.82) is 0 Å². The molecule has 0 saturated carbocycles. The normalized spacial score (nSPS) is 15.7. The van der Waals surface area contributed by atoms with E-state index in [-0.39, 0.29) is 10.8 Å². The van der Waals surface area contributed by atoms with E-state index in [2.05, 4.69) is 27.1 Å². The maximum atomic E-state index is 12.2. The Balaban J connectivity index is 1.67. The maximum absolute atomic E-state index is 12.2. The van der Waals surface area contributed by atoms with Gasteiger partial charge in [-0.15, -0.1) is 0 Å². The van der Waals surface area contributed by atoms with Crippen LogP contribution in [0.2, 0.25) is 0 Å². The molecule has 2 aromatic rings. The molecular formula is C16H20N4O2S. The quantitative estimate of drug-likeness (QED) is 0.898. The van der Waals surface area contributed by atoms with E-state index < -0.39 is 0 Å². The summed E-state index contributed by atoms with van der Waals surface area (Å²) in [5, 5.41) is 2.84. The number of thiazole rings is 1. The molecule has 1 amide bonds. The summed E-state index contributed by atoms with van der Waals surface area (Å²) < 4.78 is 0. The molecule has 1 fully saturated rings. The number of benzene rings is 1. The number of carbonyl (C=O) groups is 1. The molecule has 7 heteroatoms. The molecule has 0 unspecified atom stereocenters. The van der Waals surface area contributed by atoms with Crippen molar-refractivity contribution in [3.05, 3.63) is 44.5 Å². The number of nitrogens with zero attached hydrogens (tertiary/aromatic N) is 2. The fraction of sp³-hybridized carbons (Fsp3) is 0.375. The van der Waals surface area contributed by atoms with Crippen molar-refractivity contribution < 1.29 is 4.79 Å². The molecule has 23 heavy (non-hydrogen) atoms. The Morgan fingerprint density at radius 3 is 2.39 bits per heavy atom. The molecule has 6 nitrogen and oxygen atoms in total. The van der Waals surface area contributed by atoms with Crippen molar-refractivity contribution in [2.24, 2.45) is 0 Å². The van der Waals surface area contributed by atoms with Crippen molar-refractivity contribution in [2.75, 3.05) is 43.4 Å². The van der Waals surface area contributed by atoms with Gasteiger partial charge in [-0.3, -0.25) is 9.59 Å². The Bertz CT molecular complexity index is 742. The van der Waals surface area contributed by atoms with E-state index in [0.29, 0.717) is 10.6 Å². The maximum Gasteiger partial charge on any atom is 0.305 e. The average Bonchev–Trinajstić information content (AvgIpc) is 2.88. The van der Waals surface area contributed by atoms with Crippen molar-refractivity contribution in [3.63, 3.8) is 0 Å². The summed E-state index contributed by atoms with van der Waals surface area (Å²) in [4.78, 5) is 31.0. The van der Waals surface area contributed by atoms with Gasteiger partial charge in [0.2, 0.25) is 0 Å². The van der Waals surface area contributed by atoms with E-state index in [1.807, 2.05) is 24.3 Å². The molecule has 0 aliphatic carbocycles. The number of anilines is 2. The number of hydrogen-bond acceptors (Lipinski definition) is 5. The monoisotopic (exact) mass is 332 g/mol. The molecule has 1 aromatic carbocycles. The minimum atomic E-state index is -0.252. The van der Waals surface area contributed by atoms with Crippen LogP contribution in [0.3, 0.4) is 0 Å². The number of carbonyl (C=O) groups excluding carboxylic acids is 1. The third kappa shape index (κ3) is 3.62. The van der Waals surface area contributed by atoms with Gasteiger partial charge >= 0.3 is 4.87 Å². The van der Waals surface area contributed by atoms with E-state index >= 15 is 0 Å². The molecule has 1 saturated heterocycles. The Labute approximate surface area is 138 Å². The van der Waals surface area contributed by atoms with Gasteiger partial charge in [0.05, 0.1) is 0 Å². The zero-order chi connectivity index (χ0) is 16.4. The number of aromatic amines is 1. The summed E-state index contributed by atoms with van der Waals surface area (Å²) in [5.74, 6) is -0.252. The molecule has 1 aliphatic rings. The standard InChI is InChI=1S/C16H20N4O2S/c1-11-14(23-16(22)17-11)15(21)18-12-3-5-13(6-4-12)20-9-7-19(2)8-10-20/h3-6H,7-10H2,1-2H3,(H,17,22)(H,18,21). The molecular weight excluding hydrogens is 312 g/mol. The minimum absolute atomic E-state index is 0.210. The van der Waals surface area contributed by atoms with Crippen LogP contribution in [0, 0.1) is 6.92 Å². The van der Waals surface area contributed by atoms with Crippen LogP contribution in [0.25, 0.3) is 0 Å². The molecule has 0 atom stereocenters. The van der Waals surface area contributed by atoms with Gasteiger partial charge in [-0.2, -0.15) is 0 Å². The largest absolute Gasteiger partial charge is 0.369 e. The summed E-state index contributed by atoms with van der Waals surface area (Å²) in [5.41, 5.74) is 2.50. The Morgan fingerprint density at radius 1 is 1.17 bits per heavy atom. The minimum Gasteiger partial charge on any atom is -0.369 e. The zero-order valence-corrected chi connectivity index (χ0v) is 14.1. The number of aromatic nitrogens is 1. The van der Waals surface area contributed by atoms with Gasteiger partial charge < -0.3 is 20.1 Å². The molecule has 0 bridgehead atoms. The van der Waals surface area contributed by atoms with Crippen molar-refractivity contribution in [1.82, 2.24) is 9.88 Å². The summed E-state index contributed by atoms with van der Waals surface area (Å²) in [6.07, 6.45) is 0. The summed E-state index contributed by atoms with van der Waals surface area (Å²) >= 11 is 0.932. The first-order chi connectivity index (χ1) is 11.0. The molecule has 0 radical (unpaired) electrons. The van der Waals surface area contributed by atoms with Crippen LogP contribution in [0.5, 0.6) is 0 Å². The number of aryl methyl sites for hydroxylation is 1. The fourth-order valence-electron chi connectivity index (χ4n) is 2.63. The predicted molar refractivity (Wildman–Crippen MR) is 93.8 cm³/mol. The summed E-state index contributed by atoms with van der Waals surface area (Å²) in [6, 6.07) is 7.84. The van der Waals surface area contributed by atoms with E-state index in [1.54, 1.807) is 6.92 Å². The van der Waals surface area contributed by atoms with Crippen LogP contribution < -0.4 is 15.1 Å². The lowest BCUT2D eigenvalue weighted by atomic mass is 10.2. The van der Waals surface area contributed by atoms with Crippen LogP contribution in [0.1, 0.15) is 15.4 Å². The third-order valence-electron chi connectivity index (χ3n) is 4.02. The summed E-state index contributed by atoms with van der Waals surface area (Å²) in [7, 11) is 2.13.